The topological polar surface area (TPSA) is 50.8 Å². The van der Waals surface area contributed by atoms with Crippen LogP contribution in [0.4, 0.5) is 14.5 Å². The molecule has 1 N–H and O–H groups in total. The van der Waals surface area contributed by atoms with E-state index < -0.39 is 11.6 Å². The van der Waals surface area contributed by atoms with Crippen LogP contribution in [0.2, 0.25) is 0 Å². The van der Waals surface area contributed by atoms with Gasteiger partial charge in [0.1, 0.15) is 17.7 Å². The highest BCUT2D eigenvalue weighted by molar-refractivity contribution is 5.73. The van der Waals surface area contributed by atoms with Crippen LogP contribution >= 0.6 is 0 Å². The van der Waals surface area contributed by atoms with Crippen LogP contribution in [0.25, 0.3) is 0 Å². The van der Waals surface area contributed by atoms with Crippen molar-refractivity contribution in [3.05, 3.63) is 53.6 Å². The van der Waals surface area contributed by atoms with Crippen molar-refractivity contribution in [2.45, 2.75) is 32.4 Å². The van der Waals surface area contributed by atoms with Gasteiger partial charge in [0.2, 0.25) is 5.91 Å². The summed E-state index contributed by atoms with van der Waals surface area (Å²) in [5.41, 5.74) is 1.19. The van der Waals surface area contributed by atoms with Crippen LogP contribution in [-0.2, 0) is 4.79 Å². The molecule has 1 heterocycles. The predicted octanol–water partition coefficient (Wildman–Crippen LogP) is 3.83. The first kappa shape index (κ1) is 19.9. The molecule has 2 unspecified atom stereocenters. The molecule has 1 saturated heterocycles. The summed E-state index contributed by atoms with van der Waals surface area (Å²) in [5, 5.41) is 2.83. The summed E-state index contributed by atoms with van der Waals surface area (Å²) >= 11 is 0. The zero-order valence-electron chi connectivity index (χ0n) is 16.2. The highest BCUT2D eigenvalue weighted by atomic mass is 19.1. The number of hydrogen-bond acceptors (Lipinski definition) is 4. The van der Waals surface area contributed by atoms with Gasteiger partial charge in [-0.1, -0.05) is 12.1 Å². The number of nitrogens with one attached hydrogen (secondary N) is 1. The molecule has 2 aromatic carbocycles. The fourth-order valence-electron chi connectivity index (χ4n) is 3.38. The molecule has 1 aliphatic rings. The number of methoxy groups -OCH3 is 1. The SMILES string of the molecule is COc1cc(F)c(N2CCC(Oc3ccc(C(C)NC(C)=O)cc3)C2)cc1F. The lowest BCUT2D eigenvalue weighted by Gasteiger charge is -2.20. The van der Waals surface area contributed by atoms with Crippen molar-refractivity contribution in [3.8, 4) is 11.5 Å². The third-order valence-corrected chi connectivity index (χ3v) is 4.81. The molecule has 2 aromatic rings. The predicted molar refractivity (Wildman–Crippen MR) is 103 cm³/mol. The smallest absolute Gasteiger partial charge is 0.217 e. The average molecular weight is 390 g/mol. The Morgan fingerprint density at radius 2 is 1.93 bits per heavy atom. The van der Waals surface area contributed by atoms with Gasteiger partial charge < -0.3 is 19.7 Å². The molecule has 0 spiro atoms. The largest absolute Gasteiger partial charge is 0.494 e. The molecular formula is C21H24F2N2O3. The van der Waals surface area contributed by atoms with E-state index in [2.05, 4.69) is 5.32 Å². The number of nitrogens with zero attached hydrogens (tertiary/aromatic N) is 1. The third-order valence-electron chi connectivity index (χ3n) is 4.81. The lowest BCUT2D eigenvalue weighted by Crippen LogP contribution is -2.25. The van der Waals surface area contributed by atoms with Gasteiger partial charge in [0, 0.05) is 32.0 Å². The maximum Gasteiger partial charge on any atom is 0.217 e. The number of anilines is 1. The van der Waals surface area contributed by atoms with Crippen molar-refractivity contribution >= 4 is 11.6 Å². The zero-order valence-corrected chi connectivity index (χ0v) is 16.2. The van der Waals surface area contributed by atoms with Crippen LogP contribution < -0.4 is 19.7 Å². The number of hydrogen-bond donors (Lipinski definition) is 1. The first-order chi connectivity index (χ1) is 13.4. The zero-order chi connectivity index (χ0) is 20.3. The minimum Gasteiger partial charge on any atom is -0.494 e. The summed E-state index contributed by atoms with van der Waals surface area (Å²) in [6.45, 7) is 4.43. The lowest BCUT2D eigenvalue weighted by molar-refractivity contribution is -0.119. The molecule has 0 aromatic heterocycles. The van der Waals surface area contributed by atoms with E-state index in [1.807, 2.05) is 31.2 Å². The summed E-state index contributed by atoms with van der Waals surface area (Å²) in [6.07, 6.45) is 0.583. The van der Waals surface area contributed by atoms with Crippen molar-refractivity contribution in [2.24, 2.45) is 0 Å². The highest BCUT2D eigenvalue weighted by Crippen LogP contribution is 2.30. The summed E-state index contributed by atoms with van der Waals surface area (Å²) in [4.78, 5) is 12.9. The van der Waals surface area contributed by atoms with Crippen LogP contribution in [0.1, 0.15) is 31.9 Å². The Morgan fingerprint density at radius 1 is 1.21 bits per heavy atom. The molecule has 150 valence electrons. The van der Waals surface area contributed by atoms with Gasteiger partial charge >= 0.3 is 0 Å². The van der Waals surface area contributed by atoms with Crippen LogP contribution in [0, 0.1) is 11.6 Å². The van der Waals surface area contributed by atoms with Crippen LogP contribution in [-0.4, -0.2) is 32.2 Å². The standard InChI is InChI=1S/C21H24F2N2O3/c1-13(24-14(2)26)15-4-6-16(7-5-15)28-17-8-9-25(12-17)20-10-19(23)21(27-3)11-18(20)22/h4-7,10-11,13,17H,8-9,12H2,1-3H3,(H,24,26). The molecule has 5 nitrogen and oxygen atoms in total. The Bertz CT molecular complexity index is 842. The minimum atomic E-state index is -0.591. The number of carbonyl (C=O) groups is 1. The number of rotatable bonds is 6. The molecule has 7 heteroatoms. The second-order valence-electron chi connectivity index (χ2n) is 6.90. The molecule has 1 fully saturated rings. The third kappa shape index (κ3) is 4.52. The van der Waals surface area contributed by atoms with Gasteiger partial charge in [-0.05, 0) is 24.6 Å². The Balaban J connectivity index is 1.62. The van der Waals surface area contributed by atoms with E-state index in [4.69, 9.17) is 9.47 Å². The molecule has 0 bridgehead atoms. The van der Waals surface area contributed by atoms with Crippen molar-refractivity contribution < 1.29 is 23.0 Å². The van der Waals surface area contributed by atoms with Crippen LogP contribution in [0.5, 0.6) is 11.5 Å². The fraction of sp³-hybridized carbons (Fsp3) is 0.381. The van der Waals surface area contributed by atoms with E-state index in [0.717, 1.165) is 17.7 Å². The van der Waals surface area contributed by atoms with E-state index >= 15 is 0 Å². The van der Waals surface area contributed by atoms with E-state index in [-0.39, 0.29) is 29.5 Å². The molecule has 0 aliphatic carbocycles. The second-order valence-corrected chi connectivity index (χ2v) is 6.90. The normalized spacial score (nSPS) is 17.3. The molecule has 0 radical (unpaired) electrons. The molecule has 28 heavy (non-hydrogen) atoms. The maximum absolute atomic E-state index is 14.3. The summed E-state index contributed by atoms with van der Waals surface area (Å²) < 4.78 is 39.0. The van der Waals surface area contributed by atoms with Gasteiger partial charge in [0.15, 0.2) is 11.6 Å². The lowest BCUT2D eigenvalue weighted by atomic mass is 10.1. The summed E-state index contributed by atoms with van der Waals surface area (Å²) in [7, 11) is 1.31. The average Bonchev–Trinajstić information content (AvgIpc) is 3.11. The number of benzene rings is 2. The second kappa shape index (κ2) is 8.46. The first-order valence-corrected chi connectivity index (χ1v) is 9.19. The van der Waals surface area contributed by atoms with Gasteiger partial charge in [-0.3, -0.25) is 4.79 Å². The van der Waals surface area contributed by atoms with Crippen molar-refractivity contribution in [1.82, 2.24) is 5.32 Å². The van der Waals surface area contributed by atoms with Gasteiger partial charge in [0.25, 0.3) is 0 Å². The number of amides is 1. The van der Waals surface area contributed by atoms with E-state index in [9.17, 15) is 13.6 Å². The first-order valence-electron chi connectivity index (χ1n) is 9.19. The molecule has 3 rings (SSSR count). The number of halogens is 2. The van der Waals surface area contributed by atoms with Gasteiger partial charge in [-0.25, -0.2) is 8.78 Å². The van der Waals surface area contributed by atoms with Gasteiger partial charge in [-0.15, -0.1) is 0 Å². The van der Waals surface area contributed by atoms with Crippen molar-refractivity contribution in [3.63, 3.8) is 0 Å². The van der Waals surface area contributed by atoms with Crippen LogP contribution in [0.3, 0.4) is 0 Å². The Morgan fingerprint density at radius 3 is 2.57 bits per heavy atom. The Kier molecular flexibility index (Phi) is 6.02. The van der Waals surface area contributed by atoms with Gasteiger partial charge in [-0.2, -0.15) is 0 Å². The quantitative estimate of drug-likeness (QED) is 0.815. The molecule has 1 aliphatic heterocycles. The Hall–Kier alpha value is -2.83. The monoisotopic (exact) mass is 390 g/mol. The van der Waals surface area contributed by atoms with Gasteiger partial charge in [0.05, 0.1) is 25.4 Å². The maximum atomic E-state index is 14.3. The van der Waals surface area contributed by atoms with Crippen molar-refractivity contribution in [2.75, 3.05) is 25.1 Å². The van der Waals surface area contributed by atoms with Crippen LogP contribution in [0.15, 0.2) is 36.4 Å². The Labute approximate surface area is 163 Å². The number of carbonyl (C=O) groups excluding carboxylic acids is 1. The molecule has 0 saturated carbocycles. The molecule has 2 atom stereocenters. The van der Waals surface area contributed by atoms with E-state index in [1.54, 1.807) is 4.90 Å². The summed E-state index contributed by atoms with van der Waals surface area (Å²) in [5.74, 6) is -0.600. The minimum absolute atomic E-state index is 0.0820. The van der Waals surface area contributed by atoms with E-state index in [0.29, 0.717) is 25.3 Å². The molecular weight excluding hydrogens is 366 g/mol. The highest BCUT2D eigenvalue weighted by Gasteiger charge is 2.27. The van der Waals surface area contributed by atoms with Crippen molar-refractivity contribution in [1.29, 1.82) is 0 Å². The fourth-order valence-corrected chi connectivity index (χ4v) is 3.38. The summed E-state index contributed by atoms with van der Waals surface area (Å²) in [6, 6.07) is 9.65. The van der Waals surface area contributed by atoms with E-state index in [1.165, 1.54) is 14.0 Å². The number of ether oxygens (including phenoxy) is 2. The molecule has 1 amide bonds.